The van der Waals surface area contributed by atoms with Gasteiger partial charge in [0.25, 0.3) is 5.91 Å². The van der Waals surface area contributed by atoms with Crippen LogP contribution in [-0.4, -0.2) is 25.8 Å². The van der Waals surface area contributed by atoms with Gasteiger partial charge in [-0.15, -0.1) is 0 Å². The number of rotatable bonds is 6. The summed E-state index contributed by atoms with van der Waals surface area (Å²) in [6, 6.07) is 3.91. The highest BCUT2D eigenvalue weighted by atomic mass is 35.5. The molecule has 20 heavy (non-hydrogen) atoms. The minimum Gasteiger partial charge on any atom is -0.484 e. The second-order valence-corrected chi connectivity index (χ2v) is 4.27. The predicted octanol–water partition coefficient (Wildman–Crippen LogP) is 2.97. The van der Waals surface area contributed by atoms with E-state index in [0.29, 0.717) is 11.4 Å². The van der Waals surface area contributed by atoms with Crippen molar-refractivity contribution < 1.29 is 13.9 Å². The Hall–Kier alpha value is -1.88. The van der Waals surface area contributed by atoms with Gasteiger partial charge in [-0.25, -0.2) is 4.39 Å². The second-order valence-electron chi connectivity index (χ2n) is 3.87. The van der Waals surface area contributed by atoms with E-state index in [2.05, 4.69) is 10.3 Å². The van der Waals surface area contributed by atoms with Crippen molar-refractivity contribution in [1.82, 2.24) is 5.32 Å². The Balaban J connectivity index is 2.54. The average Bonchev–Trinajstić information content (AvgIpc) is 2.41. The highest BCUT2D eigenvalue weighted by molar-refractivity contribution is 6.30. The van der Waals surface area contributed by atoms with Gasteiger partial charge in [-0.3, -0.25) is 9.79 Å². The molecule has 108 valence electrons. The summed E-state index contributed by atoms with van der Waals surface area (Å²) in [7, 11) is 1.62. The summed E-state index contributed by atoms with van der Waals surface area (Å²) in [5.74, 6) is -0.530. The molecular weight excluding hydrogens is 283 g/mol. The molecule has 0 aliphatic rings. The number of nitrogens with one attached hydrogen (secondary N) is 1. The molecule has 0 bridgehead atoms. The molecule has 0 aliphatic heterocycles. The minimum atomic E-state index is -0.532. The SMILES string of the molecule is CC/C=C(\C=NC)NC(=O)COc1ccc(F)c(Cl)c1. The van der Waals surface area contributed by atoms with Crippen LogP contribution in [0, 0.1) is 5.82 Å². The Labute approximate surface area is 122 Å². The number of amides is 1. The van der Waals surface area contributed by atoms with Crippen molar-refractivity contribution >= 4 is 23.7 Å². The predicted molar refractivity (Wildman–Crippen MR) is 77.8 cm³/mol. The van der Waals surface area contributed by atoms with Crippen LogP contribution in [0.25, 0.3) is 0 Å². The van der Waals surface area contributed by atoms with Crippen LogP contribution >= 0.6 is 11.6 Å². The number of hydrogen-bond donors (Lipinski definition) is 1. The maximum atomic E-state index is 13.0. The summed E-state index contributed by atoms with van der Waals surface area (Å²) in [5.41, 5.74) is 0.612. The number of halogens is 2. The van der Waals surface area contributed by atoms with Crippen LogP contribution in [0.5, 0.6) is 5.75 Å². The third kappa shape index (κ3) is 5.40. The van der Waals surface area contributed by atoms with Crippen LogP contribution < -0.4 is 10.1 Å². The highest BCUT2D eigenvalue weighted by Gasteiger charge is 2.06. The number of ether oxygens (including phenoxy) is 1. The molecule has 0 heterocycles. The first-order valence-electron chi connectivity index (χ1n) is 6.06. The lowest BCUT2D eigenvalue weighted by molar-refractivity contribution is -0.122. The number of carbonyl (C=O) groups is 1. The van der Waals surface area contributed by atoms with E-state index in [1.807, 2.05) is 13.0 Å². The van der Waals surface area contributed by atoms with Crippen molar-refractivity contribution in [3.63, 3.8) is 0 Å². The van der Waals surface area contributed by atoms with Crippen LogP contribution in [0.3, 0.4) is 0 Å². The third-order valence-electron chi connectivity index (χ3n) is 2.24. The lowest BCUT2D eigenvalue weighted by Crippen LogP contribution is -2.29. The Morgan fingerprint density at radius 1 is 1.55 bits per heavy atom. The summed E-state index contributed by atoms with van der Waals surface area (Å²) in [4.78, 5) is 15.5. The van der Waals surface area contributed by atoms with E-state index in [1.54, 1.807) is 13.3 Å². The van der Waals surface area contributed by atoms with Crippen molar-refractivity contribution in [2.45, 2.75) is 13.3 Å². The quantitative estimate of drug-likeness (QED) is 0.821. The van der Waals surface area contributed by atoms with Crippen molar-refractivity contribution in [2.75, 3.05) is 13.7 Å². The van der Waals surface area contributed by atoms with Gasteiger partial charge in [0.2, 0.25) is 0 Å². The Bertz CT molecular complexity index is 530. The second kappa shape index (κ2) is 8.32. The Morgan fingerprint density at radius 2 is 2.30 bits per heavy atom. The van der Waals surface area contributed by atoms with Crippen molar-refractivity contribution in [2.24, 2.45) is 4.99 Å². The monoisotopic (exact) mass is 298 g/mol. The van der Waals surface area contributed by atoms with Gasteiger partial charge >= 0.3 is 0 Å². The van der Waals surface area contributed by atoms with Crippen LogP contribution in [0.2, 0.25) is 5.02 Å². The molecule has 0 fully saturated rings. The highest BCUT2D eigenvalue weighted by Crippen LogP contribution is 2.20. The Kier molecular flexibility index (Phi) is 6.73. The molecule has 0 spiro atoms. The lowest BCUT2D eigenvalue weighted by atomic mass is 10.3. The van der Waals surface area contributed by atoms with Gasteiger partial charge in [-0.1, -0.05) is 24.6 Å². The number of nitrogens with zero attached hydrogens (tertiary/aromatic N) is 1. The van der Waals surface area contributed by atoms with Gasteiger partial charge in [-0.2, -0.15) is 0 Å². The maximum absolute atomic E-state index is 13.0. The first kappa shape index (κ1) is 16.2. The summed E-state index contributed by atoms with van der Waals surface area (Å²) in [5, 5.41) is 2.61. The molecule has 0 aromatic heterocycles. The number of allylic oxidation sites excluding steroid dienone is 2. The first-order valence-corrected chi connectivity index (χ1v) is 6.44. The van der Waals surface area contributed by atoms with Crippen LogP contribution in [0.4, 0.5) is 4.39 Å². The fourth-order valence-corrected chi connectivity index (χ4v) is 1.58. The molecule has 4 nitrogen and oxygen atoms in total. The van der Waals surface area contributed by atoms with E-state index in [-0.39, 0.29) is 17.5 Å². The summed E-state index contributed by atoms with van der Waals surface area (Å²) in [6.07, 6.45) is 4.16. The van der Waals surface area contributed by atoms with Crippen LogP contribution in [0.1, 0.15) is 13.3 Å². The zero-order valence-electron chi connectivity index (χ0n) is 11.3. The Morgan fingerprint density at radius 3 is 2.90 bits per heavy atom. The van der Waals surface area contributed by atoms with E-state index in [0.717, 1.165) is 6.42 Å². The van der Waals surface area contributed by atoms with Crippen molar-refractivity contribution in [3.05, 3.63) is 40.8 Å². The minimum absolute atomic E-state index is 0.0485. The normalized spacial score (nSPS) is 11.7. The van der Waals surface area contributed by atoms with E-state index in [9.17, 15) is 9.18 Å². The lowest BCUT2D eigenvalue weighted by Gasteiger charge is -2.08. The fourth-order valence-electron chi connectivity index (χ4n) is 1.41. The third-order valence-corrected chi connectivity index (χ3v) is 2.53. The summed E-state index contributed by atoms with van der Waals surface area (Å²) < 4.78 is 18.2. The molecule has 0 saturated carbocycles. The number of hydrogen-bond acceptors (Lipinski definition) is 3. The largest absolute Gasteiger partial charge is 0.484 e. The molecule has 1 rings (SSSR count). The number of aliphatic imine (C=N–C) groups is 1. The van der Waals surface area contributed by atoms with Crippen LogP contribution in [-0.2, 0) is 4.79 Å². The van der Waals surface area contributed by atoms with E-state index in [1.165, 1.54) is 18.2 Å². The van der Waals surface area contributed by atoms with E-state index >= 15 is 0 Å². The molecule has 0 radical (unpaired) electrons. The molecule has 0 aliphatic carbocycles. The summed E-state index contributed by atoms with van der Waals surface area (Å²) in [6.45, 7) is 1.76. The molecule has 0 atom stereocenters. The molecule has 1 N–H and O–H groups in total. The van der Waals surface area contributed by atoms with Gasteiger partial charge in [-0.05, 0) is 18.6 Å². The van der Waals surface area contributed by atoms with E-state index in [4.69, 9.17) is 16.3 Å². The van der Waals surface area contributed by atoms with Gasteiger partial charge in [0.1, 0.15) is 11.6 Å². The molecule has 1 aromatic rings. The van der Waals surface area contributed by atoms with Crippen molar-refractivity contribution in [3.8, 4) is 5.75 Å². The topological polar surface area (TPSA) is 50.7 Å². The summed E-state index contributed by atoms with van der Waals surface area (Å²) >= 11 is 5.61. The number of benzene rings is 1. The van der Waals surface area contributed by atoms with Crippen LogP contribution in [0.15, 0.2) is 35.0 Å². The molecular formula is C14H16ClFN2O2. The van der Waals surface area contributed by atoms with Gasteiger partial charge in [0, 0.05) is 19.3 Å². The fraction of sp³-hybridized carbons (Fsp3) is 0.286. The zero-order valence-corrected chi connectivity index (χ0v) is 12.1. The standard InChI is InChI=1S/C14H16ClFN2O2/c1-3-4-10(8-17-2)18-14(19)9-20-11-5-6-13(16)12(15)7-11/h4-8H,3,9H2,1-2H3,(H,18,19)/b10-4+,17-8?. The molecule has 0 unspecified atom stereocenters. The zero-order chi connectivity index (χ0) is 15.0. The smallest absolute Gasteiger partial charge is 0.262 e. The average molecular weight is 299 g/mol. The van der Waals surface area contributed by atoms with Crippen molar-refractivity contribution in [1.29, 1.82) is 0 Å². The maximum Gasteiger partial charge on any atom is 0.262 e. The van der Waals surface area contributed by atoms with Gasteiger partial charge in [0.05, 0.1) is 10.7 Å². The van der Waals surface area contributed by atoms with E-state index < -0.39 is 5.82 Å². The first-order chi connectivity index (χ1) is 9.56. The molecule has 1 aromatic carbocycles. The molecule has 0 saturated heterocycles. The number of carbonyl (C=O) groups excluding carboxylic acids is 1. The molecule has 1 amide bonds. The molecule has 6 heteroatoms. The van der Waals surface area contributed by atoms with Gasteiger partial charge in [0.15, 0.2) is 6.61 Å². The van der Waals surface area contributed by atoms with Gasteiger partial charge < -0.3 is 10.1 Å².